The average molecular weight is 299 g/mol. The number of rotatable bonds is 5. The van der Waals surface area contributed by atoms with Crippen LogP contribution in [0.1, 0.15) is 36.8 Å². The Bertz CT molecular complexity index is 635. The van der Waals surface area contributed by atoms with Gasteiger partial charge in [0.1, 0.15) is 5.82 Å². The predicted octanol–water partition coefficient (Wildman–Crippen LogP) is 4.02. The molecule has 3 rings (SSSR count). The SMILES string of the molecule is OCc1cccc(-c2cc(CNC3CCCC3)ccc2F)c1. The Morgan fingerprint density at radius 2 is 1.86 bits per heavy atom. The van der Waals surface area contributed by atoms with E-state index >= 15 is 0 Å². The summed E-state index contributed by atoms with van der Waals surface area (Å²) in [7, 11) is 0. The summed E-state index contributed by atoms with van der Waals surface area (Å²) in [5.41, 5.74) is 3.30. The average Bonchev–Trinajstić information content (AvgIpc) is 3.07. The van der Waals surface area contributed by atoms with Crippen LogP contribution < -0.4 is 5.32 Å². The molecule has 0 saturated heterocycles. The van der Waals surface area contributed by atoms with E-state index in [1.165, 1.54) is 31.7 Å². The molecule has 22 heavy (non-hydrogen) atoms. The normalized spacial score (nSPS) is 15.4. The highest BCUT2D eigenvalue weighted by atomic mass is 19.1. The van der Waals surface area contributed by atoms with Crippen LogP contribution in [-0.2, 0) is 13.2 Å². The van der Waals surface area contributed by atoms with Gasteiger partial charge in [0.2, 0.25) is 0 Å². The van der Waals surface area contributed by atoms with E-state index in [9.17, 15) is 9.50 Å². The van der Waals surface area contributed by atoms with Gasteiger partial charge in [-0.3, -0.25) is 0 Å². The first-order valence-corrected chi connectivity index (χ1v) is 7.98. The van der Waals surface area contributed by atoms with Crippen LogP contribution in [0.15, 0.2) is 42.5 Å². The van der Waals surface area contributed by atoms with E-state index in [4.69, 9.17) is 0 Å². The van der Waals surface area contributed by atoms with Crippen LogP contribution in [0, 0.1) is 5.82 Å². The van der Waals surface area contributed by atoms with Crippen LogP contribution in [-0.4, -0.2) is 11.1 Å². The maximum atomic E-state index is 14.1. The highest BCUT2D eigenvalue weighted by Crippen LogP contribution is 2.25. The fraction of sp³-hybridized carbons (Fsp3) is 0.368. The molecule has 0 aromatic heterocycles. The van der Waals surface area contributed by atoms with E-state index in [-0.39, 0.29) is 12.4 Å². The molecule has 0 spiro atoms. The zero-order valence-electron chi connectivity index (χ0n) is 12.7. The molecule has 1 fully saturated rings. The zero-order chi connectivity index (χ0) is 15.4. The Morgan fingerprint density at radius 3 is 2.64 bits per heavy atom. The Hall–Kier alpha value is -1.71. The van der Waals surface area contributed by atoms with Gasteiger partial charge in [-0.2, -0.15) is 0 Å². The summed E-state index contributed by atoms with van der Waals surface area (Å²) in [6, 6.07) is 13.3. The molecule has 2 nitrogen and oxygen atoms in total. The van der Waals surface area contributed by atoms with E-state index in [1.54, 1.807) is 0 Å². The number of benzene rings is 2. The highest BCUT2D eigenvalue weighted by Gasteiger charge is 2.14. The van der Waals surface area contributed by atoms with Crippen molar-refractivity contribution < 1.29 is 9.50 Å². The lowest BCUT2D eigenvalue weighted by Gasteiger charge is -2.13. The lowest BCUT2D eigenvalue weighted by molar-refractivity contribution is 0.282. The maximum absolute atomic E-state index is 14.1. The van der Waals surface area contributed by atoms with Gasteiger partial charge in [-0.25, -0.2) is 4.39 Å². The van der Waals surface area contributed by atoms with E-state index in [1.807, 2.05) is 36.4 Å². The second-order valence-corrected chi connectivity index (χ2v) is 6.03. The van der Waals surface area contributed by atoms with Crippen molar-refractivity contribution >= 4 is 0 Å². The molecule has 1 aliphatic carbocycles. The highest BCUT2D eigenvalue weighted by molar-refractivity contribution is 5.65. The smallest absolute Gasteiger partial charge is 0.131 e. The molecule has 2 aromatic rings. The molecule has 2 N–H and O–H groups in total. The number of aliphatic hydroxyl groups excluding tert-OH is 1. The first-order chi connectivity index (χ1) is 10.8. The zero-order valence-corrected chi connectivity index (χ0v) is 12.7. The van der Waals surface area contributed by atoms with Crippen molar-refractivity contribution in [3.8, 4) is 11.1 Å². The summed E-state index contributed by atoms with van der Waals surface area (Å²) < 4.78 is 14.1. The molecule has 2 aromatic carbocycles. The van der Waals surface area contributed by atoms with E-state index in [0.29, 0.717) is 11.6 Å². The van der Waals surface area contributed by atoms with Crippen LogP contribution in [0.2, 0.25) is 0 Å². The summed E-state index contributed by atoms with van der Waals surface area (Å²) in [4.78, 5) is 0. The third kappa shape index (κ3) is 3.54. The molecule has 0 bridgehead atoms. The molecule has 1 saturated carbocycles. The summed E-state index contributed by atoms with van der Waals surface area (Å²) in [5.74, 6) is -0.222. The molecule has 0 unspecified atom stereocenters. The van der Waals surface area contributed by atoms with Crippen molar-refractivity contribution in [2.75, 3.05) is 0 Å². The van der Waals surface area contributed by atoms with Crippen LogP contribution in [0.4, 0.5) is 4.39 Å². The Labute approximate surface area is 131 Å². The summed E-state index contributed by atoms with van der Waals surface area (Å²) in [6.45, 7) is 0.746. The quantitative estimate of drug-likeness (QED) is 0.874. The summed E-state index contributed by atoms with van der Waals surface area (Å²) in [6.07, 6.45) is 5.10. The Morgan fingerprint density at radius 1 is 1.05 bits per heavy atom. The van der Waals surface area contributed by atoms with Gasteiger partial charge in [-0.15, -0.1) is 0 Å². The first-order valence-electron chi connectivity index (χ1n) is 7.98. The minimum atomic E-state index is -0.222. The van der Waals surface area contributed by atoms with Gasteiger partial charge in [0.25, 0.3) is 0 Å². The minimum Gasteiger partial charge on any atom is -0.392 e. The van der Waals surface area contributed by atoms with E-state index in [2.05, 4.69) is 5.32 Å². The third-order valence-electron chi connectivity index (χ3n) is 4.40. The standard InChI is InChI=1S/C19H22FNO/c20-19-9-8-14(12-21-17-6-1-2-7-17)11-18(19)16-5-3-4-15(10-16)13-22/h3-5,8-11,17,21-22H,1-2,6-7,12-13H2. The molecule has 3 heteroatoms. The molecule has 116 valence electrons. The van der Waals surface area contributed by atoms with Gasteiger partial charge >= 0.3 is 0 Å². The number of aliphatic hydroxyl groups is 1. The van der Waals surface area contributed by atoms with E-state index in [0.717, 1.165) is 23.2 Å². The van der Waals surface area contributed by atoms with E-state index < -0.39 is 0 Å². The molecule has 0 aliphatic heterocycles. The van der Waals surface area contributed by atoms with Gasteiger partial charge in [-0.1, -0.05) is 37.1 Å². The number of hydrogen-bond acceptors (Lipinski definition) is 2. The van der Waals surface area contributed by atoms with Crippen molar-refractivity contribution in [1.29, 1.82) is 0 Å². The molecule has 0 atom stereocenters. The minimum absolute atomic E-state index is 0.0294. The van der Waals surface area contributed by atoms with Gasteiger partial charge in [0.15, 0.2) is 0 Å². The second-order valence-electron chi connectivity index (χ2n) is 6.03. The summed E-state index contributed by atoms with van der Waals surface area (Å²) in [5, 5.41) is 12.8. The van der Waals surface area contributed by atoms with Crippen molar-refractivity contribution in [3.63, 3.8) is 0 Å². The molecular formula is C19H22FNO. The van der Waals surface area contributed by atoms with Crippen LogP contribution in [0.5, 0.6) is 0 Å². The van der Waals surface area contributed by atoms with Crippen LogP contribution >= 0.6 is 0 Å². The number of nitrogens with one attached hydrogen (secondary N) is 1. The van der Waals surface area contributed by atoms with Crippen molar-refractivity contribution in [2.45, 2.75) is 44.9 Å². The summed E-state index contributed by atoms with van der Waals surface area (Å²) >= 11 is 0. The van der Waals surface area contributed by atoms with Crippen LogP contribution in [0.25, 0.3) is 11.1 Å². The van der Waals surface area contributed by atoms with Crippen molar-refractivity contribution in [1.82, 2.24) is 5.32 Å². The van der Waals surface area contributed by atoms with Gasteiger partial charge < -0.3 is 10.4 Å². The van der Waals surface area contributed by atoms with Crippen molar-refractivity contribution in [3.05, 3.63) is 59.4 Å². The van der Waals surface area contributed by atoms with Crippen LogP contribution in [0.3, 0.4) is 0 Å². The second kappa shape index (κ2) is 7.03. The molecule has 0 heterocycles. The lowest BCUT2D eigenvalue weighted by atomic mass is 10.0. The van der Waals surface area contributed by atoms with Gasteiger partial charge in [-0.05, 0) is 47.7 Å². The van der Waals surface area contributed by atoms with Crippen molar-refractivity contribution in [2.24, 2.45) is 0 Å². The third-order valence-corrected chi connectivity index (χ3v) is 4.40. The largest absolute Gasteiger partial charge is 0.392 e. The van der Waals surface area contributed by atoms with Gasteiger partial charge in [0.05, 0.1) is 6.61 Å². The predicted molar refractivity (Wildman–Crippen MR) is 86.9 cm³/mol. The number of hydrogen-bond donors (Lipinski definition) is 2. The molecule has 1 aliphatic rings. The fourth-order valence-corrected chi connectivity index (χ4v) is 3.13. The molecular weight excluding hydrogens is 277 g/mol. The first kappa shape index (κ1) is 15.2. The maximum Gasteiger partial charge on any atom is 0.131 e. The number of halogens is 1. The Kier molecular flexibility index (Phi) is 4.86. The lowest BCUT2D eigenvalue weighted by Crippen LogP contribution is -2.25. The fourth-order valence-electron chi connectivity index (χ4n) is 3.13. The van der Waals surface area contributed by atoms with Gasteiger partial charge in [0, 0.05) is 18.2 Å². The monoisotopic (exact) mass is 299 g/mol. The topological polar surface area (TPSA) is 32.3 Å². The molecule has 0 radical (unpaired) electrons. The molecule has 0 amide bonds. The Balaban J connectivity index is 1.79.